The first-order valence-corrected chi connectivity index (χ1v) is 10.6. The van der Waals surface area contributed by atoms with Crippen molar-refractivity contribution in [2.45, 2.75) is 51.0 Å². The molecule has 2 aliphatic rings. The minimum atomic E-state index is -0.692. The maximum absolute atomic E-state index is 12.5. The largest absolute Gasteiger partial charge is 0.337 e. The van der Waals surface area contributed by atoms with E-state index in [2.05, 4.69) is 16.3 Å². The number of piperazine rings is 1. The molecule has 1 aromatic rings. The average Bonchev–Trinajstić information content (AvgIpc) is 2.96. The molecule has 1 aliphatic heterocycles. The highest BCUT2D eigenvalue weighted by molar-refractivity contribution is 7.13. The molecule has 27 heavy (non-hydrogen) atoms. The number of carbonyl (C=O) groups is 2. The van der Waals surface area contributed by atoms with E-state index in [9.17, 15) is 14.9 Å². The van der Waals surface area contributed by atoms with Crippen molar-refractivity contribution >= 4 is 23.2 Å². The first-order valence-electron chi connectivity index (χ1n) is 9.82. The molecule has 0 bridgehead atoms. The lowest BCUT2D eigenvalue weighted by Crippen LogP contribution is -2.54. The Bertz CT molecular complexity index is 708. The van der Waals surface area contributed by atoms with Crippen LogP contribution in [0.25, 0.3) is 0 Å². The highest BCUT2D eigenvalue weighted by Gasteiger charge is 2.33. The van der Waals surface area contributed by atoms with Crippen molar-refractivity contribution in [3.8, 4) is 6.07 Å². The summed E-state index contributed by atoms with van der Waals surface area (Å²) in [6.45, 7) is 4.93. The number of thiophene rings is 1. The number of carbonyl (C=O) groups excluding carboxylic acids is 2. The van der Waals surface area contributed by atoms with Crippen molar-refractivity contribution in [3.63, 3.8) is 0 Å². The number of nitrogens with zero attached hydrogens (tertiary/aromatic N) is 3. The van der Waals surface area contributed by atoms with Gasteiger partial charge in [0.1, 0.15) is 5.54 Å². The molecule has 0 atom stereocenters. The standard InChI is InChI=1S/C20H28N4O2S/c1-16-6-7-17(27-16)19(26)24-12-10-23(11-13-24)14-18(25)22-20(15-21)8-4-2-3-5-9-20/h6-7H,2-5,8-14H2,1H3,(H,22,25). The number of aryl methyl sites for hydroxylation is 1. The van der Waals surface area contributed by atoms with Gasteiger partial charge in [-0.05, 0) is 31.9 Å². The van der Waals surface area contributed by atoms with E-state index in [1.165, 1.54) is 11.3 Å². The summed E-state index contributed by atoms with van der Waals surface area (Å²) < 4.78 is 0. The fraction of sp³-hybridized carbons (Fsp3) is 0.650. The fourth-order valence-electron chi connectivity index (χ4n) is 3.92. The van der Waals surface area contributed by atoms with Gasteiger partial charge in [0, 0.05) is 31.1 Å². The van der Waals surface area contributed by atoms with E-state index in [1.807, 2.05) is 24.0 Å². The third kappa shape index (κ3) is 5.08. The van der Waals surface area contributed by atoms with Crippen LogP contribution in [0, 0.1) is 18.3 Å². The Kier molecular flexibility index (Phi) is 6.51. The van der Waals surface area contributed by atoms with Gasteiger partial charge in [-0.1, -0.05) is 25.7 Å². The molecule has 3 rings (SSSR count). The Labute approximate surface area is 165 Å². The number of hydrogen-bond donors (Lipinski definition) is 1. The van der Waals surface area contributed by atoms with Gasteiger partial charge in [-0.15, -0.1) is 11.3 Å². The van der Waals surface area contributed by atoms with E-state index in [1.54, 1.807) is 0 Å². The molecule has 1 saturated carbocycles. The van der Waals surface area contributed by atoms with Crippen LogP contribution in [0.2, 0.25) is 0 Å². The minimum absolute atomic E-state index is 0.0768. The summed E-state index contributed by atoms with van der Waals surface area (Å²) in [6, 6.07) is 6.22. The van der Waals surface area contributed by atoms with E-state index in [4.69, 9.17) is 0 Å². The highest BCUT2D eigenvalue weighted by atomic mass is 32.1. The van der Waals surface area contributed by atoms with Gasteiger partial charge in [-0.2, -0.15) is 5.26 Å². The predicted molar refractivity (Wildman–Crippen MR) is 106 cm³/mol. The van der Waals surface area contributed by atoms with Crippen LogP contribution in [0.3, 0.4) is 0 Å². The molecule has 1 saturated heterocycles. The highest BCUT2D eigenvalue weighted by Crippen LogP contribution is 2.26. The van der Waals surface area contributed by atoms with Crippen LogP contribution in [0.4, 0.5) is 0 Å². The molecule has 7 heteroatoms. The first kappa shape index (κ1) is 19.8. The number of rotatable bonds is 4. The van der Waals surface area contributed by atoms with Gasteiger partial charge in [-0.3, -0.25) is 14.5 Å². The molecule has 6 nitrogen and oxygen atoms in total. The summed E-state index contributed by atoms with van der Waals surface area (Å²) in [7, 11) is 0. The summed E-state index contributed by atoms with van der Waals surface area (Å²) in [4.78, 5) is 30.9. The van der Waals surface area contributed by atoms with E-state index >= 15 is 0 Å². The second-order valence-corrected chi connectivity index (χ2v) is 8.92. The number of nitrogens with one attached hydrogen (secondary N) is 1. The van der Waals surface area contributed by atoms with E-state index in [-0.39, 0.29) is 11.8 Å². The lowest BCUT2D eigenvalue weighted by Gasteiger charge is -2.35. The molecular formula is C20H28N4O2S. The Morgan fingerprint density at radius 3 is 2.37 bits per heavy atom. The van der Waals surface area contributed by atoms with Gasteiger partial charge in [0.25, 0.3) is 5.91 Å². The lowest BCUT2D eigenvalue weighted by molar-refractivity contribution is -0.124. The van der Waals surface area contributed by atoms with Crippen molar-refractivity contribution in [1.29, 1.82) is 5.26 Å². The van der Waals surface area contributed by atoms with Crippen LogP contribution < -0.4 is 5.32 Å². The molecule has 1 N–H and O–H groups in total. The molecule has 146 valence electrons. The SMILES string of the molecule is Cc1ccc(C(=O)N2CCN(CC(=O)NC3(C#N)CCCCCC3)CC2)s1. The molecule has 0 aromatic carbocycles. The summed E-state index contributed by atoms with van der Waals surface area (Å²) in [6.07, 6.45) is 5.77. The van der Waals surface area contributed by atoms with Crippen molar-refractivity contribution < 1.29 is 9.59 Å². The van der Waals surface area contributed by atoms with Crippen LogP contribution in [-0.4, -0.2) is 59.9 Å². The zero-order valence-corrected chi connectivity index (χ0v) is 16.8. The summed E-state index contributed by atoms with van der Waals surface area (Å²) >= 11 is 1.52. The molecule has 0 unspecified atom stereocenters. The van der Waals surface area contributed by atoms with E-state index < -0.39 is 5.54 Å². The van der Waals surface area contributed by atoms with Gasteiger partial charge in [-0.25, -0.2) is 0 Å². The smallest absolute Gasteiger partial charge is 0.264 e. The fourth-order valence-corrected chi connectivity index (χ4v) is 4.76. The molecule has 1 aromatic heterocycles. The Balaban J connectivity index is 1.48. The van der Waals surface area contributed by atoms with Crippen molar-refractivity contribution in [1.82, 2.24) is 15.1 Å². The monoisotopic (exact) mass is 388 g/mol. The molecule has 2 amide bonds. The number of hydrogen-bond acceptors (Lipinski definition) is 5. The van der Waals surface area contributed by atoms with E-state index in [0.29, 0.717) is 32.7 Å². The van der Waals surface area contributed by atoms with Gasteiger partial charge >= 0.3 is 0 Å². The van der Waals surface area contributed by atoms with Gasteiger partial charge in [0.2, 0.25) is 5.91 Å². The molecule has 0 spiro atoms. The third-order valence-electron chi connectivity index (χ3n) is 5.53. The Morgan fingerprint density at radius 2 is 1.81 bits per heavy atom. The summed E-state index contributed by atoms with van der Waals surface area (Å²) in [5.41, 5.74) is -0.692. The molecule has 2 fully saturated rings. The van der Waals surface area contributed by atoms with Gasteiger partial charge in [0.05, 0.1) is 17.5 Å². The second kappa shape index (κ2) is 8.85. The van der Waals surface area contributed by atoms with Crippen LogP contribution in [-0.2, 0) is 4.79 Å². The predicted octanol–water partition coefficient (Wildman–Crippen LogP) is 2.55. The van der Waals surface area contributed by atoms with Gasteiger partial charge < -0.3 is 10.2 Å². The minimum Gasteiger partial charge on any atom is -0.337 e. The maximum atomic E-state index is 12.5. The van der Waals surface area contributed by atoms with Crippen LogP contribution in [0.1, 0.15) is 53.1 Å². The summed E-state index contributed by atoms with van der Waals surface area (Å²) in [5.74, 6) is 0.00574. The zero-order valence-electron chi connectivity index (χ0n) is 16.0. The molecule has 0 radical (unpaired) electrons. The maximum Gasteiger partial charge on any atom is 0.264 e. The molecular weight excluding hydrogens is 360 g/mol. The quantitative estimate of drug-likeness (QED) is 0.804. The molecule has 1 aliphatic carbocycles. The van der Waals surface area contributed by atoms with Crippen molar-refractivity contribution in [2.24, 2.45) is 0 Å². The Hall–Kier alpha value is -1.91. The van der Waals surface area contributed by atoms with E-state index in [0.717, 1.165) is 48.3 Å². The number of nitriles is 1. The number of amides is 2. The molecule has 2 heterocycles. The Morgan fingerprint density at radius 1 is 1.15 bits per heavy atom. The topological polar surface area (TPSA) is 76.4 Å². The lowest BCUT2D eigenvalue weighted by atomic mass is 9.92. The average molecular weight is 389 g/mol. The van der Waals surface area contributed by atoms with Crippen molar-refractivity contribution in [2.75, 3.05) is 32.7 Å². The normalized spacial score (nSPS) is 20.5. The third-order valence-corrected chi connectivity index (χ3v) is 6.52. The second-order valence-electron chi connectivity index (χ2n) is 7.63. The first-order chi connectivity index (χ1) is 13.0. The van der Waals surface area contributed by atoms with Crippen LogP contribution in [0.5, 0.6) is 0 Å². The van der Waals surface area contributed by atoms with Gasteiger partial charge in [0.15, 0.2) is 0 Å². The van der Waals surface area contributed by atoms with Crippen LogP contribution >= 0.6 is 11.3 Å². The summed E-state index contributed by atoms with van der Waals surface area (Å²) in [5, 5.41) is 12.6. The van der Waals surface area contributed by atoms with Crippen molar-refractivity contribution in [3.05, 3.63) is 21.9 Å². The van der Waals surface area contributed by atoms with Crippen LogP contribution in [0.15, 0.2) is 12.1 Å². The zero-order chi connectivity index (χ0) is 19.3.